The number of thiol groups is 1. The first-order chi connectivity index (χ1) is 6.27. The molecule has 13 heavy (non-hydrogen) atoms. The highest BCUT2D eigenvalue weighted by Gasteiger charge is 1.99. The lowest BCUT2D eigenvalue weighted by molar-refractivity contribution is 0.968. The van der Waals surface area contributed by atoms with Crippen LogP contribution >= 0.6 is 12.6 Å². The molecule has 0 aliphatic heterocycles. The summed E-state index contributed by atoms with van der Waals surface area (Å²) in [5, 5.41) is 0.561. The summed E-state index contributed by atoms with van der Waals surface area (Å²) in [7, 11) is 0. The molecule has 0 aromatic carbocycles. The second-order valence-corrected chi connectivity index (χ2v) is 3.10. The van der Waals surface area contributed by atoms with E-state index in [1.165, 1.54) is 0 Å². The fourth-order valence-corrected chi connectivity index (χ4v) is 1.26. The zero-order valence-corrected chi connectivity index (χ0v) is 7.78. The van der Waals surface area contributed by atoms with Crippen molar-refractivity contribution in [2.75, 3.05) is 5.73 Å². The third kappa shape index (κ3) is 1.53. The van der Waals surface area contributed by atoms with Crippen molar-refractivity contribution in [3.8, 4) is 5.82 Å². The number of pyridine rings is 1. The van der Waals surface area contributed by atoms with E-state index < -0.39 is 0 Å². The van der Waals surface area contributed by atoms with Crippen LogP contribution in [0.5, 0.6) is 0 Å². The van der Waals surface area contributed by atoms with E-state index in [9.17, 15) is 0 Å². The van der Waals surface area contributed by atoms with Crippen LogP contribution in [0.2, 0.25) is 0 Å². The van der Waals surface area contributed by atoms with Crippen LogP contribution in [-0.2, 0) is 0 Å². The molecule has 66 valence electrons. The fraction of sp³-hybridized carbons (Fsp3) is 0. The lowest BCUT2D eigenvalue weighted by Crippen LogP contribution is -1.97. The summed E-state index contributed by atoms with van der Waals surface area (Å²) < 4.78 is 1.90. The zero-order chi connectivity index (χ0) is 9.26. The Morgan fingerprint density at radius 3 is 2.54 bits per heavy atom. The minimum Gasteiger partial charge on any atom is -0.397 e. The number of anilines is 1. The molecule has 0 saturated carbocycles. The quantitative estimate of drug-likeness (QED) is 0.674. The fourth-order valence-electron chi connectivity index (χ4n) is 1.08. The third-order valence-corrected chi connectivity index (χ3v) is 2.12. The topological polar surface area (TPSA) is 43.8 Å². The van der Waals surface area contributed by atoms with E-state index in [0.29, 0.717) is 10.7 Å². The van der Waals surface area contributed by atoms with Crippen molar-refractivity contribution in [3.05, 3.63) is 36.7 Å². The summed E-state index contributed by atoms with van der Waals surface area (Å²) in [5.74, 6) is 0.823. The first-order valence-electron chi connectivity index (χ1n) is 3.86. The number of rotatable bonds is 1. The van der Waals surface area contributed by atoms with Crippen LogP contribution < -0.4 is 5.73 Å². The molecule has 2 rings (SSSR count). The molecule has 0 saturated heterocycles. The van der Waals surface area contributed by atoms with Crippen LogP contribution in [0.1, 0.15) is 0 Å². The van der Waals surface area contributed by atoms with E-state index in [1.54, 1.807) is 6.07 Å². The minimum absolute atomic E-state index is 0.561. The van der Waals surface area contributed by atoms with Crippen molar-refractivity contribution in [2.24, 2.45) is 0 Å². The van der Waals surface area contributed by atoms with Gasteiger partial charge in [0.2, 0.25) is 0 Å². The van der Waals surface area contributed by atoms with Crippen LogP contribution in [0.25, 0.3) is 5.82 Å². The van der Waals surface area contributed by atoms with E-state index in [4.69, 9.17) is 5.73 Å². The Morgan fingerprint density at radius 2 is 1.92 bits per heavy atom. The molecule has 0 atom stereocenters. The first-order valence-corrected chi connectivity index (χ1v) is 4.31. The maximum absolute atomic E-state index is 5.59. The molecule has 0 aliphatic carbocycles. The Labute approximate surface area is 81.6 Å². The molecular weight excluding hydrogens is 182 g/mol. The third-order valence-electron chi connectivity index (χ3n) is 1.76. The van der Waals surface area contributed by atoms with Gasteiger partial charge in [-0.05, 0) is 24.3 Å². The van der Waals surface area contributed by atoms with Gasteiger partial charge in [0, 0.05) is 12.4 Å². The SMILES string of the molecule is Nc1ccc(-n2cccc2)nc1S. The van der Waals surface area contributed by atoms with Crippen LogP contribution in [-0.4, -0.2) is 9.55 Å². The molecule has 0 fully saturated rings. The predicted molar refractivity (Wildman–Crippen MR) is 55.2 cm³/mol. The van der Waals surface area contributed by atoms with Gasteiger partial charge in [0.25, 0.3) is 0 Å². The monoisotopic (exact) mass is 191 g/mol. The van der Waals surface area contributed by atoms with Crippen molar-refractivity contribution in [2.45, 2.75) is 5.03 Å². The lowest BCUT2D eigenvalue weighted by atomic mass is 10.4. The van der Waals surface area contributed by atoms with Gasteiger partial charge in [-0.2, -0.15) is 0 Å². The molecular formula is C9H9N3S. The summed E-state index contributed by atoms with van der Waals surface area (Å²) in [5.41, 5.74) is 6.19. The van der Waals surface area contributed by atoms with E-state index in [1.807, 2.05) is 35.2 Å². The molecule has 2 aromatic heterocycles. The maximum Gasteiger partial charge on any atom is 0.138 e. The normalized spacial score (nSPS) is 10.2. The largest absolute Gasteiger partial charge is 0.397 e. The number of aromatic nitrogens is 2. The van der Waals surface area contributed by atoms with Crippen molar-refractivity contribution in [3.63, 3.8) is 0 Å². The Morgan fingerprint density at radius 1 is 1.23 bits per heavy atom. The molecule has 0 spiro atoms. The van der Waals surface area contributed by atoms with Gasteiger partial charge in [-0.25, -0.2) is 4.98 Å². The van der Waals surface area contributed by atoms with E-state index in [-0.39, 0.29) is 0 Å². The molecule has 3 nitrogen and oxygen atoms in total. The highest BCUT2D eigenvalue weighted by Crippen LogP contribution is 2.15. The summed E-state index contributed by atoms with van der Waals surface area (Å²) in [4.78, 5) is 4.22. The molecule has 2 N–H and O–H groups in total. The van der Waals surface area contributed by atoms with E-state index >= 15 is 0 Å². The predicted octanol–water partition coefficient (Wildman–Crippen LogP) is 1.74. The van der Waals surface area contributed by atoms with Gasteiger partial charge < -0.3 is 10.3 Å². The van der Waals surface area contributed by atoms with E-state index in [2.05, 4.69) is 17.6 Å². The number of nitrogens with zero attached hydrogens (tertiary/aromatic N) is 2. The summed E-state index contributed by atoms with van der Waals surface area (Å²) >= 11 is 4.15. The van der Waals surface area contributed by atoms with Crippen molar-refractivity contribution in [1.29, 1.82) is 0 Å². The molecule has 0 unspecified atom stereocenters. The smallest absolute Gasteiger partial charge is 0.138 e. The first kappa shape index (κ1) is 8.19. The Hall–Kier alpha value is -1.42. The van der Waals surface area contributed by atoms with Gasteiger partial charge in [-0.3, -0.25) is 0 Å². The Kier molecular flexibility index (Phi) is 1.98. The van der Waals surface area contributed by atoms with E-state index in [0.717, 1.165) is 5.82 Å². The Balaban J connectivity index is 2.49. The van der Waals surface area contributed by atoms with Gasteiger partial charge in [-0.1, -0.05) is 0 Å². The van der Waals surface area contributed by atoms with Gasteiger partial charge in [0.05, 0.1) is 5.69 Å². The number of hydrogen-bond acceptors (Lipinski definition) is 3. The molecule has 2 aromatic rings. The Bertz CT molecular complexity index is 409. The average molecular weight is 191 g/mol. The second kappa shape index (κ2) is 3.14. The average Bonchev–Trinajstić information content (AvgIpc) is 2.62. The van der Waals surface area contributed by atoms with Crippen LogP contribution in [0.4, 0.5) is 5.69 Å². The summed E-state index contributed by atoms with van der Waals surface area (Å²) in [6, 6.07) is 7.53. The molecule has 0 bridgehead atoms. The highest BCUT2D eigenvalue weighted by atomic mass is 32.1. The van der Waals surface area contributed by atoms with Crippen LogP contribution in [0, 0.1) is 0 Å². The van der Waals surface area contributed by atoms with Gasteiger partial charge in [0.15, 0.2) is 0 Å². The molecule has 0 radical (unpaired) electrons. The van der Waals surface area contributed by atoms with Crippen molar-refractivity contribution < 1.29 is 0 Å². The van der Waals surface area contributed by atoms with Crippen molar-refractivity contribution in [1.82, 2.24) is 9.55 Å². The van der Waals surface area contributed by atoms with Gasteiger partial charge >= 0.3 is 0 Å². The highest BCUT2D eigenvalue weighted by molar-refractivity contribution is 7.80. The summed E-state index contributed by atoms with van der Waals surface area (Å²) in [6.07, 6.45) is 3.84. The standard InChI is InChI=1S/C9H9N3S/c10-7-3-4-8(11-9(7)13)12-5-1-2-6-12/h1-6H,10H2,(H,11,13). The van der Waals surface area contributed by atoms with Crippen molar-refractivity contribution >= 4 is 18.3 Å². The molecule has 0 aliphatic rings. The number of hydrogen-bond donors (Lipinski definition) is 2. The lowest BCUT2D eigenvalue weighted by Gasteiger charge is -2.03. The molecule has 0 amide bonds. The molecule has 2 heterocycles. The second-order valence-electron chi connectivity index (χ2n) is 2.67. The van der Waals surface area contributed by atoms with Crippen LogP contribution in [0.3, 0.4) is 0 Å². The van der Waals surface area contributed by atoms with Crippen LogP contribution in [0.15, 0.2) is 41.7 Å². The minimum atomic E-state index is 0.561. The summed E-state index contributed by atoms with van der Waals surface area (Å²) in [6.45, 7) is 0. The number of nitrogen functional groups attached to an aromatic ring is 1. The molecule has 4 heteroatoms. The maximum atomic E-state index is 5.59. The zero-order valence-electron chi connectivity index (χ0n) is 6.88. The number of nitrogens with two attached hydrogens (primary N) is 1. The van der Waals surface area contributed by atoms with Gasteiger partial charge in [0.1, 0.15) is 10.8 Å². The van der Waals surface area contributed by atoms with Gasteiger partial charge in [-0.15, -0.1) is 12.6 Å².